The lowest BCUT2D eigenvalue weighted by Gasteiger charge is -2.01. The maximum absolute atomic E-state index is 12.5. The molecule has 4 rings (SSSR count). The largest absolute Gasteiger partial charge is 0.288 e. The van der Waals surface area contributed by atoms with Gasteiger partial charge in [-0.15, -0.1) is 16.4 Å². The number of rotatable bonds is 4. The molecule has 1 N–H and O–H groups in total. The number of nitrogens with one attached hydrogen (secondary N) is 1. The molecule has 3 heterocycles. The average molecular weight is 431 g/mol. The fourth-order valence-corrected chi connectivity index (χ4v) is 3.97. The molecular formula is C17H15BrN6OS. The van der Waals surface area contributed by atoms with Crippen molar-refractivity contribution in [1.82, 2.24) is 24.5 Å². The summed E-state index contributed by atoms with van der Waals surface area (Å²) in [5.74, 6) is 0.0754. The Bertz CT molecular complexity index is 1060. The third kappa shape index (κ3) is 3.27. The number of aromatic nitrogens is 5. The molecule has 0 atom stereocenters. The van der Waals surface area contributed by atoms with E-state index >= 15 is 0 Å². The van der Waals surface area contributed by atoms with Gasteiger partial charge in [-0.2, -0.15) is 5.10 Å². The molecule has 0 saturated heterocycles. The third-order valence-electron chi connectivity index (χ3n) is 3.94. The monoisotopic (exact) mass is 430 g/mol. The number of thiophene rings is 1. The van der Waals surface area contributed by atoms with Crippen LogP contribution in [-0.2, 0) is 13.6 Å². The number of hydrogen-bond donors (Lipinski definition) is 1. The summed E-state index contributed by atoms with van der Waals surface area (Å²) in [6, 6.07) is 9.84. The minimum absolute atomic E-state index is 0.216. The van der Waals surface area contributed by atoms with Gasteiger partial charge in [-0.25, -0.2) is 9.67 Å². The zero-order valence-electron chi connectivity index (χ0n) is 14.1. The van der Waals surface area contributed by atoms with E-state index in [0.29, 0.717) is 17.4 Å². The Kier molecular flexibility index (Phi) is 4.33. The number of carbonyl (C=O) groups excluding carboxylic acids is 1. The standard InChI is InChI=1S/C17H15BrN6OS/c1-10-13-7-14(26-16(13)23(2)21-10)15(25)20-17-19-9-24(22-17)8-11-3-5-12(18)6-4-11/h3-7,9H,8H2,1-2H3,(H,20,22,25). The number of benzene rings is 1. The van der Waals surface area contributed by atoms with Crippen LogP contribution < -0.4 is 5.32 Å². The lowest BCUT2D eigenvalue weighted by molar-refractivity contribution is 0.102. The molecule has 0 radical (unpaired) electrons. The number of anilines is 1. The van der Waals surface area contributed by atoms with Crippen molar-refractivity contribution in [3.8, 4) is 0 Å². The molecule has 7 nitrogen and oxygen atoms in total. The number of carbonyl (C=O) groups is 1. The van der Waals surface area contributed by atoms with E-state index in [2.05, 4.69) is 36.4 Å². The van der Waals surface area contributed by atoms with Crippen LogP contribution >= 0.6 is 27.3 Å². The second-order valence-electron chi connectivity index (χ2n) is 5.88. The van der Waals surface area contributed by atoms with E-state index in [1.807, 2.05) is 44.3 Å². The van der Waals surface area contributed by atoms with E-state index in [-0.39, 0.29) is 5.91 Å². The number of fused-ring (bicyclic) bond motifs is 1. The van der Waals surface area contributed by atoms with Crippen molar-refractivity contribution in [3.63, 3.8) is 0 Å². The van der Waals surface area contributed by atoms with Gasteiger partial charge in [-0.1, -0.05) is 28.1 Å². The van der Waals surface area contributed by atoms with Gasteiger partial charge in [0.15, 0.2) is 0 Å². The fraction of sp³-hybridized carbons (Fsp3) is 0.176. The van der Waals surface area contributed by atoms with Crippen LogP contribution in [0, 0.1) is 6.92 Å². The highest BCUT2D eigenvalue weighted by molar-refractivity contribution is 9.10. The van der Waals surface area contributed by atoms with Gasteiger partial charge in [0.1, 0.15) is 11.2 Å². The Balaban J connectivity index is 1.48. The first-order valence-corrected chi connectivity index (χ1v) is 9.49. The highest BCUT2D eigenvalue weighted by atomic mass is 79.9. The molecule has 0 bridgehead atoms. The quantitative estimate of drug-likeness (QED) is 0.536. The van der Waals surface area contributed by atoms with Crippen LogP contribution in [0.5, 0.6) is 0 Å². The molecule has 1 amide bonds. The molecule has 0 spiro atoms. The van der Waals surface area contributed by atoms with Crippen LogP contribution in [-0.4, -0.2) is 30.5 Å². The van der Waals surface area contributed by atoms with Gasteiger partial charge in [0.2, 0.25) is 5.95 Å². The summed E-state index contributed by atoms with van der Waals surface area (Å²) in [6.45, 7) is 2.52. The minimum atomic E-state index is -0.216. The Morgan fingerprint density at radius 1 is 1.27 bits per heavy atom. The Labute approximate surface area is 161 Å². The zero-order valence-corrected chi connectivity index (χ0v) is 16.5. The summed E-state index contributed by atoms with van der Waals surface area (Å²) in [6.07, 6.45) is 1.61. The molecule has 0 aliphatic carbocycles. The summed E-state index contributed by atoms with van der Waals surface area (Å²) in [5, 5.41) is 12.4. The van der Waals surface area contributed by atoms with Crippen LogP contribution in [0.3, 0.4) is 0 Å². The van der Waals surface area contributed by atoms with Crippen LogP contribution in [0.2, 0.25) is 0 Å². The molecule has 1 aromatic carbocycles. The van der Waals surface area contributed by atoms with Crippen LogP contribution in [0.15, 0.2) is 41.1 Å². The van der Waals surface area contributed by atoms with Crippen molar-refractivity contribution < 1.29 is 4.79 Å². The number of halogens is 1. The highest BCUT2D eigenvalue weighted by Gasteiger charge is 2.16. The molecular weight excluding hydrogens is 416 g/mol. The molecule has 9 heteroatoms. The van der Waals surface area contributed by atoms with Gasteiger partial charge in [-0.05, 0) is 30.7 Å². The highest BCUT2D eigenvalue weighted by Crippen LogP contribution is 2.28. The van der Waals surface area contributed by atoms with E-state index in [9.17, 15) is 4.79 Å². The Morgan fingerprint density at radius 3 is 2.77 bits per heavy atom. The summed E-state index contributed by atoms with van der Waals surface area (Å²) < 4.78 is 4.51. The first-order chi connectivity index (χ1) is 12.5. The van der Waals surface area contributed by atoms with Gasteiger partial charge in [0.05, 0.1) is 17.1 Å². The van der Waals surface area contributed by atoms with Crippen LogP contribution in [0.25, 0.3) is 10.2 Å². The van der Waals surface area contributed by atoms with Crippen LogP contribution in [0.1, 0.15) is 20.9 Å². The molecule has 26 heavy (non-hydrogen) atoms. The van der Waals surface area contributed by atoms with E-state index in [1.54, 1.807) is 15.7 Å². The second-order valence-corrected chi connectivity index (χ2v) is 7.83. The molecule has 0 unspecified atom stereocenters. The predicted octanol–water partition coefficient (Wildman–Crippen LogP) is 3.60. The SMILES string of the molecule is Cc1nn(C)c2sc(C(=O)Nc3ncn(Cc4ccc(Br)cc4)n3)cc12. The van der Waals surface area contributed by atoms with E-state index < -0.39 is 0 Å². The zero-order chi connectivity index (χ0) is 18.3. The summed E-state index contributed by atoms with van der Waals surface area (Å²) >= 11 is 4.82. The van der Waals surface area contributed by atoms with Gasteiger partial charge in [-0.3, -0.25) is 14.8 Å². The number of nitrogens with zero attached hydrogens (tertiary/aromatic N) is 5. The molecule has 0 fully saturated rings. The smallest absolute Gasteiger partial charge is 0.268 e. The van der Waals surface area contributed by atoms with E-state index in [4.69, 9.17) is 0 Å². The van der Waals surface area contributed by atoms with Gasteiger partial charge >= 0.3 is 0 Å². The number of amides is 1. The third-order valence-corrected chi connectivity index (χ3v) is 5.67. The van der Waals surface area contributed by atoms with Gasteiger partial charge in [0.25, 0.3) is 5.91 Å². The molecule has 3 aromatic heterocycles. The van der Waals surface area contributed by atoms with Crippen LogP contribution in [0.4, 0.5) is 5.95 Å². The first kappa shape index (κ1) is 16.9. The molecule has 0 aliphatic heterocycles. The minimum Gasteiger partial charge on any atom is -0.288 e. The maximum Gasteiger partial charge on any atom is 0.268 e. The normalized spacial score (nSPS) is 11.2. The average Bonchev–Trinajstić information content (AvgIpc) is 3.29. The van der Waals surface area contributed by atoms with E-state index in [0.717, 1.165) is 25.9 Å². The summed E-state index contributed by atoms with van der Waals surface area (Å²) in [5.41, 5.74) is 2.01. The van der Waals surface area contributed by atoms with Crippen molar-refractivity contribution in [2.75, 3.05) is 5.32 Å². The second kappa shape index (κ2) is 6.65. The van der Waals surface area contributed by atoms with Crippen molar-refractivity contribution >= 4 is 49.3 Å². The topological polar surface area (TPSA) is 77.6 Å². The Hall–Kier alpha value is -2.52. The maximum atomic E-state index is 12.5. The Morgan fingerprint density at radius 2 is 2.04 bits per heavy atom. The first-order valence-electron chi connectivity index (χ1n) is 7.88. The van der Waals surface area contributed by atoms with Crippen molar-refractivity contribution in [3.05, 3.63) is 57.3 Å². The fourth-order valence-electron chi connectivity index (χ4n) is 2.69. The lowest BCUT2D eigenvalue weighted by Crippen LogP contribution is -2.12. The summed E-state index contributed by atoms with van der Waals surface area (Å²) in [4.78, 5) is 18.2. The lowest BCUT2D eigenvalue weighted by atomic mass is 10.2. The number of hydrogen-bond acceptors (Lipinski definition) is 5. The van der Waals surface area contributed by atoms with Gasteiger partial charge in [0, 0.05) is 16.9 Å². The van der Waals surface area contributed by atoms with E-state index in [1.165, 1.54) is 11.3 Å². The van der Waals surface area contributed by atoms with Crippen molar-refractivity contribution in [2.24, 2.45) is 7.05 Å². The molecule has 0 aliphatic rings. The molecule has 132 valence electrons. The molecule has 0 saturated carbocycles. The predicted molar refractivity (Wildman–Crippen MR) is 105 cm³/mol. The summed E-state index contributed by atoms with van der Waals surface area (Å²) in [7, 11) is 1.87. The van der Waals surface area contributed by atoms with Crippen molar-refractivity contribution in [2.45, 2.75) is 13.5 Å². The number of aryl methyl sites for hydroxylation is 2. The van der Waals surface area contributed by atoms with Gasteiger partial charge < -0.3 is 0 Å². The van der Waals surface area contributed by atoms with Crippen molar-refractivity contribution in [1.29, 1.82) is 0 Å². The molecule has 4 aromatic rings.